The summed E-state index contributed by atoms with van der Waals surface area (Å²) in [5.41, 5.74) is 3.53. The van der Waals surface area contributed by atoms with Crippen LogP contribution in [0.2, 0.25) is 0 Å². The van der Waals surface area contributed by atoms with Crippen LogP contribution in [0.4, 0.5) is 5.69 Å². The molecule has 0 spiro atoms. The van der Waals surface area contributed by atoms with Crippen molar-refractivity contribution in [3.8, 4) is 0 Å². The molecule has 1 fully saturated rings. The Kier molecular flexibility index (Phi) is 3.39. The summed E-state index contributed by atoms with van der Waals surface area (Å²) in [7, 11) is 0. The highest BCUT2D eigenvalue weighted by atomic mass is 127. The second-order valence-corrected chi connectivity index (χ2v) is 5.93. The van der Waals surface area contributed by atoms with Crippen molar-refractivity contribution in [1.29, 1.82) is 0 Å². The number of benzene rings is 1. The molecule has 0 aliphatic carbocycles. The first-order chi connectivity index (χ1) is 8.74. The van der Waals surface area contributed by atoms with Crippen molar-refractivity contribution in [3.63, 3.8) is 0 Å². The summed E-state index contributed by atoms with van der Waals surface area (Å²) >= 11 is 2.37. The molecule has 94 valence electrons. The molecule has 18 heavy (non-hydrogen) atoms. The van der Waals surface area contributed by atoms with Crippen molar-refractivity contribution in [2.75, 3.05) is 31.1 Å². The Bertz CT molecular complexity index is 577. The zero-order valence-electron chi connectivity index (χ0n) is 10.4. The van der Waals surface area contributed by atoms with Crippen LogP contribution < -0.4 is 10.2 Å². The quantitative estimate of drug-likeness (QED) is 0.799. The predicted octanol–water partition coefficient (Wildman–Crippen LogP) is 2.56. The van der Waals surface area contributed by atoms with Crippen LogP contribution in [0.1, 0.15) is 5.69 Å². The van der Waals surface area contributed by atoms with Gasteiger partial charge in [0.05, 0.1) is 5.52 Å². The van der Waals surface area contributed by atoms with Gasteiger partial charge in [0.15, 0.2) is 0 Å². The van der Waals surface area contributed by atoms with E-state index < -0.39 is 0 Å². The van der Waals surface area contributed by atoms with E-state index in [1.54, 1.807) is 0 Å². The van der Waals surface area contributed by atoms with E-state index in [4.69, 9.17) is 0 Å². The molecule has 0 saturated carbocycles. The molecule has 0 radical (unpaired) electrons. The molecule has 1 aliphatic heterocycles. The van der Waals surface area contributed by atoms with Crippen LogP contribution in [0, 0.1) is 10.5 Å². The van der Waals surface area contributed by atoms with Crippen LogP contribution >= 0.6 is 22.6 Å². The second kappa shape index (κ2) is 5.01. The molecule has 0 bridgehead atoms. The first kappa shape index (κ1) is 12.2. The maximum Gasteiger partial charge on any atom is 0.0726 e. The van der Waals surface area contributed by atoms with Crippen LogP contribution in [0.3, 0.4) is 0 Å². The van der Waals surface area contributed by atoms with E-state index in [0.29, 0.717) is 0 Å². The fourth-order valence-corrected chi connectivity index (χ4v) is 2.97. The van der Waals surface area contributed by atoms with Gasteiger partial charge in [0, 0.05) is 46.5 Å². The van der Waals surface area contributed by atoms with E-state index in [9.17, 15) is 0 Å². The number of aryl methyl sites for hydroxylation is 1. The molecule has 1 aliphatic rings. The van der Waals surface area contributed by atoms with Gasteiger partial charge in [-0.1, -0.05) is 0 Å². The van der Waals surface area contributed by atoms with E-state index in [0.717, 1.165) is 37.4 Å². The number of rotatable bonds is 1. The highest BCUT2D eigenvalue weighted by Gasteiger charge is 2.14. The van der Waals surface area contributed by atoms with Crippen LogP contribution in [-0.4, -0.2) is 31.2 Å². The number of halogens is 1. The average molecular weight is 353 g/mol. The summed E-state index contributed by atoms with van der Waals surface area (Å²) in [5, 5.41) is 4.67. The minimum absolute atomic E-state index is 1.06. The third kappa shape index (κ3) is 2.31. The van der Waals surface area contributed by atoms with Crippen molar-refractivity contribution in [1.82, 2.24) is 10.3 Å². The Morgan fingerprint density at radius 2 is 2.00 bits per heavy atom. The average Bonchev–Trinajstić information content (AvgIpc) is 2.39. The molecule has 1 N–H and O–H groups in total. The zero-order chi connectivity index (χ0) is 12.5. The Hall–Kier alpha value is -0.880. The van der Waals surface area contributed by atoms with Crippen molar-refractivity contribution in [2.24, 2.45) is 0 Å². The number of fused-ring (bicyclic) bond motifs is 1. The minimum atomic E-state index is 1.06. The third-order valence-electron chi connectivity index (χ3n) is 3.33. The highest BCUT2D eigenvalue weighted by Crippen LogP contribution is 2.28. The largest absolute Gasteiger partial charge is 0.368 e. The molecule has 0 unspecified atom stereocenters. The van der Waals surface area contributed by atoms with E-state index >= 15 is 0 Å². The third-order valence-corrected chi connectivity index (χ3v) is 4.01. The standard InChI is InChI=1S/C14H16IN3/c1-10-8-14(18-6-4-16-5-7-18)12-9-11(15)2-3-13(12)17-10/h2-3,8-9,16H,4-7H2,1H3. The molecule has 2 heterocycles. The van der Waals surface area contributed by atoms with Crippen molar-refractivity contribution in [3.05, 3.63) is 33.5 Å². The van der Waals surface area contributed by atoms with Gasteiger partial charge in [-0.25, -0.2) is 0 Å². The van der Waals surface area contributed by atoms with E-state index in [1.807, 2.05) is 0 Å². The molecular weight excluding hydrogens is 337 g/mol. The van der Waals surface area contributed by atoms with Gasteiger partial charge in [0.2, 0.25) is 0 Å². The predicted molar refractivity (Wildman–Crippen MR) is 84.3 cm³/mol. The summed E-state index contributed by atoms with van der Waals surface area (Å²) in [5.74, 6) is 0. The minimum Gasteiger partial charge on any atom is -0.368 e. The second-order valence-electron chi connectivity index (χ2n) is 4.68. The van der Waals surface area contributed by atoms with Crippen LogP contribution in [0.25, 0.3) is 10.9 Å². The lowest BCUT2D eigenvalue weighted by molar-refractivity contribution is 0.590. The maximum absolute atomic E-state index is 4.63. The molecular formula is C14H16IN3. The fraction of sp³-hybridized carbons (Fsp3) is 0.357. The lowest BCUT2D eigenvalue weighted by Crippen LogP contribution is -2.43. The fourth-order valence-electron chi connectivity index (χ4n) is 2.48. The van der Waals surface area contributed by atoms with Gasteiger partial charge in [0.25, 0.3) is 0 Å². The van der Waals surface area contributed by atoms with Crippen molar-refractivity contribution in [2.45, 2.75) is 6.92 Å². The van der Waals surface area contributed by atoms with E-state index in [1.165, 1.54) is 14.6 Å². The monoisotopic (exact) mass is 353 g/mol. The lowest BCUT2D eigenvalue weighted by atomic mass is 10.1. The first-order valence-electron chi connectivity index (χ1n) is 6.26. The van der Waals surface area contributed by atoms with Gasteiger partial charge in [-0.05, 0) is 53.8 Å². The van der Waals surface area contributed by atoms with Crippen molar-refractivity contribution >= 4 is 39.2 Å². The summed E-state index contributed by atoms with van der Waals surface area (Å²) < 4.78 is 1.27. The van der Waals surface area contributed by atoms with Gasteiger partial charge >= 0.3 is 0 Å². The Morgan fingerprint density at radius 3 is 2.78 bits per heavy atom. The normalized spacial score (nSPS) is 16.2. The number of aromatic nitrogens is 1. The number of anilines is 1. The molecule has 1 saturated heterocycles. The van der Waals surface area contributed by atoms with Crippen LogP contribution in [-0.2, 0) is 0 Å². The number of piperazine rings is 1. The summed E-state index contributed by atoms with van der Waals surface area (Å²) in [4.78, 5) is 7.09. The van der Waals surface area contributed by atoms with Gasteiger partial charge in [-0.3, -0.25) is 4.98 Å². The van der Waals surface area contributed by atoms with E-state index in [-0.39, 0.29) is 0 Å². The molecule has 0 atom stereocenters. The van der Waals surface area contributed by atoms with Gasteiger partial charge < -0.3 is 10.2 Å². The summed E-state index contributed by atoms with van der Waals surface area (Å²) in [6.45, 7) is 6.34. The summed E-state index contributed by atoms with van der Waals surface area (Å²) in [6.07, 6.45) is 0. The van der Waals surface area contributed by atoms with Crippen molar-refractivity contribution < 1.29 is 0 Å². The van der Waals surface area contributed by atoms with E-state index in [2.05, 4.69) is 69.0 Å². The van der Waals surface area contributed by atoms with Gasteiger partial charge in [0.1, 0.15) is 0 Å². The summed E-state index contributed by atoms with van der Waals surface area (Å²) in [6, 6.07) is 8.69. The Labute approximate surface area is 121 Å². The molecule has 0 amide bonds. The number of hydrogen-bond acceptors (Lipinski definition) is 3. The Balaban J connectivity index is 2.16. The van der Waals surface area contributed by atoms with Gasteiger partial charge in [-0.2, -0.15) is 0 Å². The molecule has 1 aromatic heterocycles. The maximum atomic E-state index is 4.63. The topological polar surface area (TPSA) is 28.2 Å². The number of hydrogen-bond donors (Lipinski definition) is 1. The molecule has 3 rings (SSSR count). The number of pyridine rings is 1. The number of nitrogens with one attached hydrogen (secondary N) is 1. The zero-order valence-corrected chi connectivity index (χ0v) is 12.6. The number of nitrogens with zero attached hydrogens (tertiary/aromatic N) is 2. The Morgan fingerprint density at radius 1 is 1.22 bits per heavy atom. The molecule has 1 aromatic carbocycles. The van der Waals surface area contributed by atoms with Gasteiger partial charge in [-0.15, -0.1) is 0 Å². The highest BCUT2D eigenvalue weighted by molar-refractivity contribution is 14.1. The van der Waals surface area contributed by atoms with Crippen LogP contribution in [0.5, 0.6) is 0 Å². The molecule has 2 aromatic rings. The smallest absolute Gasteiger partial charge is 0.0726 e. The SMILES string of the molecule is Cc1cc(N2CCNCC2)c2cc(I)ccc2n1. The lowest BCUT2D eigenvalue weighted by Gasteiger charge is -2.30. The first-order valence-corrected chi connectivity index (χ1v) is 7.34. The molecule has 4 heteroatoms. The molecule has 3 nitrogen and oxygen atoms in total. The van der Waals surface area contributed by atoms with Crippen LogP contribution in [0.15, 0.2) is 24.3 Å².